The summed E-state index contributed by atoms with van der Waals surface area (Å²) in [5.41, 5.74) is 1.96. The van der Waals surface area contributed by atoms with Gasteiger partial charge in [-0.05, 0) is 43.2 Å². The number of fused-ring (bicyclic) bond motifs is 1. The lowest BCUT2D eigenvalue weighted by Crippen LogP contribution is -2.45. The summed E-state index contributed by atoms with van der Waals surface area (Å²) in [6, 6.07) is 10.2. The summed E-state index contributed by atoms with van der Waals surface area (Å²) in [5, 5.41) is 13.3. The molecule has 1 aliphatic rings. The van der Waals surface area contributed by atoms with Crippen LogP contribution in [0.15, 0.2) is 36.5 Å². The molecule has 1 heterocycles. The molecule has 0 spiro atoms. The number of carbonyl (C=O) groups is 1. The molecule has 3 rings (SSSR count). The Morgan fingerprint density at radius 3 is 2.75 bits per heavy atom. The molecule has 2 aromatic rings. The molecule has 0 aliphatic heterocycles. The molecule has 5 heteroatoms. The average molecular weight is 327 g/mol. The highest BCUT2D eigenvalue weighted by Gasteiger charge is 2.26. The van der Waals surface area contributed by atoms with E-state index in [2.05, 4.69) is 10.3 Å². The fourth-order valence-corrected chi connectivity index (χ4v) is 3.49. The fraction of sp³-hybridized carbons (Fsp3) is 0.474. The quantitative estimate of drug-likeness (QED) is 0.907. The second-order valence-electron chi connectivity index (χ2n) is 6.62. The van der Waals surface area contributed by atoms with E-state index in [0.29, 0.717) is 12.5 Å². The first-order valence-electron chi connectivity index (χ1n) is 8.63. The van der Waals surface area contributed by atoms with Crippen molar-refractivity contribution in [2.45, 2.75) is 38.3 Å². The highest BCUT2D eigenvalue weighted by atomic mass is 16.3. The zero-order valence-corrected chi connectivity index (χ0v) is 14.1. The molecule has 2 amide bonds. The third-order valence-electron chi connectivity index (χ3n) is 5.09. The highest BCUT2D eigenvalue weighted by Crippen LogP contribution is 2.26. The molecule has 0 atom stereocenters. The number of aliphatic hydroxyl groups excluding tert-OH is 1. The van der Waals surface area contributed by atoms with Crippen LogP contribution in [0, 0.1) is 5.92 Å². The van der Waals surface area contributed by atoms with E-state index in [0.717, 1.165) is 42.1 Å². The molecule has 0 saturated heterocycles. The number of benzene rings is 1. The van der Waals surface area contributed by atoms with Crippen molar-refractivity contribution >= 4 is 16.9 Å². The molecule has 1 fully saturated rings. The number of pyridine rings is 1. The lowest BCUT2D eigenvalue weighted by atomic mass is 9.86. The Morgan fingerprint density at radius 1 is 1.25 bits per heavy atom. The number of aromatic nitrogens is 1. The van der Waals surface area contributed by atoms with Crippen LogP contribution in [0.2, 0.25) is 0 Å². The van der Waals surface area contributed by atoms with Crippen molar-refractivity contribution in [3.05, 3.63) is 42.1 Å². The Morgan fingerprint density at radius 2 is 2.00 bits per heavy atom. The summed E-state index contributed by atoms with van der Waals surface area (Å²) in [4.78, 5) is 18.7. The number of nitrogens with one attached hydrogen (secondary N) is 1. The van der Waals surface area contributed by atoms with Crippen LogP contribution >= 0.6 is 0 Å². The molecule has 0 radical (unpaired) electrons. The number of para-hydroxylation sites is 1. The zero-order chi connectivity index (χ0) is 16.9. The van der Waals surface area contributed by atoms with Crippen molar-refractivity contribution in [3.63, 3.8) is 0 Å². The van der Waals surface area contributed by atoms with Gasteiger partial charge in [0.05, 0.1) is 5.52 Å². The van der Waals surface area contributed by atoms with E-state index >= 15 is 0 Å². The van der Waals surface area contributed by atoms with Gasteiger partial charge in [-0.15, -0.1) is 0 Å². The maximum atomic E-state index is 12.4. The summed E-state index contributed by atoms with van der Waals surface area (Å²) >= 11 is 0. The van der Waals surface area contributed by atoms with Crippen molar-refractivity contribution in [1.29, 1.82) is 0 Å². The molecule has 0 bridgehead atoms. The van der Waals surface area contributed by atoms with Gasteiger partial charge in [0.15, 0.2) is 0 Å². The number of nitrogens with zero attached hydrogens (tertiary/aromatic N) is 2. The molecule has 2 N–H and O–H groups in total. The van der Waals surface area contributed by atoms with Gasteiger partial charge in [-0.1, -0.05) is 24.3 Å². The minimum absolute atomic E-state index is 0.0459. The predicted molar refractivity (Wildman–Crippen MR) is 94.6 cm³/mol. The normalized spacial score (nSPS) is 20.8. The van der Waals surface area contributed by atoms with Crippen molar-refractivity contribution in [2.75, 3.05) is 13.7 Å². The SMILES string of the molecule is CN(C(=O)NCc1cccc2cccnc12)C1CCC(CO)CC1. The summed E-state index contributed by atoms with van der Waals surface area (Å²) in [7, 11) is 1.86. The number of amides is 2. The molecule has 24 heavy (non-hydrogen) atoms. The molecule has 1 saturated carbocycles. The van der Waals surface area contributed by atoms with Gasteiger partial charge in [0.2, 0.25) is 0 Å². The number of aliphatic hydroxyl groups is 1. The Balaban J connectivity index is 1.59. The van der Waals surface area contributed by atoms with Gasteiger partial charge in [-0.25, -0.2) is 4.79 Å². The van der Waals surface area contributed by atoms with Crippen LogP contribution in [0.3, 0.4) is 0 Å². The van der Waals surface area contributed by atoms with Gasteiger partial charge < -0.3 is 15.3 Å². The first-order chi connectivity index (χ1) is 11.7. The summed E-state index contributed by atoms with van der Waals surface area (Å²) in [6.07, 6.45) is 5.69. The molecule has 0 unspecified atom stereocenters. The molecule has 1 aliphatic carbocycles. The molecule has 128 valence electrons. The third kappa shape index (κ3) is 3.67. The van der Waals surface area contributed by atoms with Crippen molar-refractivity contribution < 1.29 is 9.90 Å². The fourth-order valence-electron chi connectivity index (χ4n) is 3.49. The number of hydrogen-bond donors (Lipinski definition) is 2. The smallest absolute Gasteiger partial charge is 0.317 e. The molecular weight excluding hydrogens is 302 g/mol. The molecule has 1 aromatic carbocycles. The van der Waals surface area contributed by atoms with Gasteiger partial charge in [0.25, 0.3) is 0 Å². The standard InChI is InChI=1S/C19H25N3O2/c1-22(17-9-7-14(13-23)8-10-17)19(24)21-12-16-5-2-4-15-6-3-11-20-18(15)16/h2-6,11,14,17,23H,7-10,12-13H2,1H3,(H,21,24). The first-order valence-corrected chi connectivity index (χ1v) is 8.63. The van der Waals surface area contributed by atoms with Crippen molar-refractivity contribution in [3.8, 4) is 0 Å². The zero-order valence-electron chi connectivity index (χ0n) is 14.1. The lowest BCUT2D eigenvalue weighted by molar-refractivity contribution is 0.134. The number of urea groups is 1. The summed E-state index contributed by atoms with van der Waals surface area (Å²) < 4.78 is 0. The maximum Gasteiger partial charge on any atom is 0.317 e. The molecule has 5 nitrogen and oxygen atoms in total. The van der Waals surface area contributed by atoms with Crippen molar-refractivity contribution in [2.24, 2.45) is 5.92 Å². The van der Waals surface area contributed by atoms with Crippen LogP contribution in [-0.4, -0.2) is 40.7 Å². The number of carbonyl (C=O) groups excluding carboxylic acids is 1. The third-order valence-corrected chi connectivity index (χ3v) is 5.09. The number of hydrogen-bond acceptors (Lipinski definition) is 3. The van der Waals surface area contributed by atoms with E-state index in [4.69, 9.17) is 0 Å². The Hall–Kier alpha value is -2.14. The Labute approximate surface area is 142 Å². The van der Waals surface area contributed by atoms with Gasteiger partial charge >= 0.3 is 6.03 Å². The van der Waals surface area contributed by atoms with E-state index in [9.17, 15) is 9.90 Å². The van der Waals surface area contributed by atoms with Crippen LogP contribution in [0.4, 0.5) is 4.79 Å². The monoisotopic (exact) mass is 327 g/mol. The topological polar surface area (TPSA) is 65.5 Å². The van der Waals surface area contributed by atoms with Gasteiger partial charge in [0.1, 0.15) is 0 Å². The lowest BCUT2D eigenvalue weighted by Gasteiger charge is -2.34. The van der Waals surface area contributed by atoms with E-state index in [1.807, 2.05) is 42.3 Å². The van der Waals surface area contributed by atoms with Crippen LogP contribution in [0.1, 0.15) is 31.2 Å². The maximum absolute atomic E-state index is 12.4. The van der Waals surface area contributed by atoms with Gasteiger partial charge in [0, 0.05) is 37.8 Å². The van der Waals surface area contributed by atoms with Crippen LogP contribution < -0.4 is 5.32 Å². The molecular formula is C19H25N3O2. The first kappa shape index (κ1) is 16.7. The molecule has 1 aromatic heterocycles. The van der Waals surface area contributed by atoms with E-state index in [1.165, 1.54) is 0 Å². The van der Waals surface area contributed by atoms with Crippen LogP contribution in [0.25, 0.3) is 10.9 Å². The minimum atomic E-state index is -0.0459. The van der Waals surface area contributed by atoms with Crippen molar-refractivity contribution in [1.82, 2.24) is 15.2 Å². The average Bonchev–Trinajstić information content (AvgIpc) is 2.65. The second-order valence-corrected chi connectivity index (χ2v) is 6.62. The second kappa shape index (κ2) is 7.62. The Kier molecular flexibility index (Phi) is 5.30. The van der Waals surface area contributed by atoms with Crippen LogP contribution in [0.5, 0.6) is 0 Å². The Bertz CT molecular complexity index is 691. The predicted octanol–water partition coefficient (Wildman–Crippen LogP) is 2.93. The minimum Gasteiger partial charge on any atom is -0.396 e. The van der Waals surface area contributed by atoms with Crippen LogP contribution in [-0.2, 0) is 6.54 Å². The number of rotatable bonds is 4. The largest absolute Gasteiger partial charge is 0.396 e. The highest BCUT2D eigenvalue weighted by molar-refractivity contribution is 5.82. The van der Waals surface area contributed by atoms with Gasteiger partial charge in [-0.3, -0.25) is 4.98 Å². The van der Waals surface area contributed by atoms with E-state index in [1.54, 1.807) is 6.20 Å². The van der Waals surface area contributed by atoms with E-state index in [-0.39, 0.29) is 18.7 Å². The summed E-state index contributed by atoms with van der Waals surface area (Å²) in [6.45, 7) is 0.736. The summed E-state index contributed by atoms with van der Waals surface area (Å²) in [5.74, 6) is 0.402. The van der Waals surface area contributed by atoms with E-state index < -0.39 is 0 Å². The van der Waals surface area contributed by atoms with Gasteiger partial charge in [-0.2, -0.15) is 0 Å².